The molecule has 9 heteroatoms. The summed E-state index contributed by atoms with van der Waals surface area (Å²) in [6.45, 7) is 1.27. The molecule has 0 spiro atoms. The molecule has 0 aliphatic carbocycles. The Balaban J connectivity index is 1.57. The van der Waals surface area contributed by atoms with Crippen LogP contribution in [0.15, 0.2) is 65.9 Å². The van der Waals surface area contributed by atoms with Crippen LogP contribution in [0.1, 0.15) is 17.5 Å². The van der Waals surface area contributed by atoms with Crippen LogP contribution in [0.2, 0.25) is 0 Å². The molecule has 9 nitrogen and oxygen atoms in total. The van der Waals surface area contributed by atoms with Crippen LogP contribution < -0.4 is 16.0 Å². The van der Waals surface area contributed by atoms with Gasteiger partial charge in [-0.3, -0.25) is 14.9 Å². The molecule has 0 saturated heterocycles. The summed E-state index contributed by atoms with van der Waals surface area (Å²) in [6.07, 6.45) is 6.37. The molecule has 2 aromatic carbocycles. The van der Waals surface area contributed by atoms with Gasteiger partial charge in [0.05, 0.1) is 11.1 Å². The largest absolute Gasteiger partial charge is 0.359 e. The zero-order chi connectivity index (χ0) is 25.2. The van der Waals surface area contributed by atoms with E-state index in [2.05, 4.69) is 25.5 Å². The van der Waals surface area contributed by atoms with Crippen molar-refractivity contribution in [3.63, 3.8) is 0 Å². The first-order chi connectivity index (χ1) is 17.5. The second-order valence-electron chi connectivity index (χ2n) is 8.55. The van der Waals surface area contributed by atoms with E-state index >= 15 is 0 Å². The third-order valence-corrected chi connectivity index (χ3v) is 6.42. The highest BCUT2D eigenvalue weighted by atomic mass is 16.2. The first-order valence-corrected chi connectivity index (χ1v) is 11.6. The van der Waals surface area contributed by atoms with Crippen LogP contribution in [0.4, 0.5) is 0 Å². The number of aryl methyl sites for hydroxylation is 2. The number of aromatic nitrogens is 2. The van der Waals surface area contributed by atoms with Crippen molar-refractivity contribution >= 4 is 50.7 Å². The fraction of sp³-hybridized carbons (Fsp3) is 0.185. The van der Waals surface area contributed by atoms with Crippen molar-refractivity contribution in [1.82, 2.24) is 25.1 Å². The number of amides is 2. The number of hydrogen-bond donors (Lipinski definition) is 3. The Morgan fingerprint density at radius 2 is 1.58 bits per heavy atom. The number of guanidine groups is 1. The van der Waals surface area contributed by atoms with E-state index in [0.29, 0.717) is 30.2 Å². The van der Waals surface area contributed by atoms with Crippen LogP contribution in [-0.4, -0.2) is 40.5 Å². The fourth-order valence-corrected chi connectivity index (χ4v) is 4.83. The summed E-state index contributed by atoms with van der Waals surface area (Å²) in [4.78, 5) is 29.9. The maximum absolute atomic E-state index is 13.1. The number of hydrogen-bond acceptors (Lipinski definition) is 4. The molecule has 0 radical (unpaired) electrons. The number of aliphatic imine (C=N–C) groups is 1. The lowest BCUT2D eigenvalue weighted by molar-refractivity contribution is -0.122. The van der Waals surface area contributed by atoms with E-state index < -0.39 is 0 Å². The van der Waals surface area contributed by atoms with Gasteiger partial charge in [0.2, 0.25) is 12.2 Å². The maximum atomic E-state index is 13.1. The smallest absolute Gasteiger partial charge is 0.259 e. The molecular weight excluding hydrogens is 454 g/mol. The Kier molecular flexibility index (Phi) is 6.00. The minimum Gasteiger partial charge on any atom is -0.359 e. The quantitative estimate of drug-likeness (QED) is 0.129. The van der Waals surface area contributed by atoms with Gasteiger partial charge in [-0.15, -0.1) is 4.99 Å². The van der Waals surface area contributed by atoms with Crippen molar-refractivity contribution in [2.24, 2.45) is 12.0 Å². The molecule has 180 valence electrons. The predicted molar refractivity (Wildman–Crippen MR) is 140 cm³/mol. The van der Waals surface area contributed by atoms with Gasteiger partial charge in [-0.05, 0) is 18.6 Å². The lowest BCUT2D eigenvalue weighted by atomic mass is 9.95. The first-order valence-electron chi connectivity index (χ1n) is 11.6. The number of fused-ring (bicyclic) bond motifs is 2. The van der Waals surface area contributed by atoms with Gasteiger partial charge in [0.25, 0.3) is 11.8 Å². The van der Waals surface area contributed by atoms with Crippen LogP contribution in [0.3, 0.4) is 0 Å². The van der Waals surface area contributed by atoms with E-state index in [1.807, 2.05) is 72.5 Å². The third kappa shape index (κ3) is 3.88. The average Bonchev–Trinajstić information content (AvgIpc) is 3.51. The monoisotopic (exact) mass is 479 g/mol. The highest BCUT2D eigenvalue weighted by Crippen LogP contribution is 2.38. The predicted octanol–water partition coefficient (Wildman–Crippen LogP) is 2.74. The first kappa shape index (κ1) is 22.9. The Labute approximate surface area is 207 Å². The molecule has 1 aliphatic heterocycles. The van der Waals surface area contributed by atoms with Gasteiger partial charge in [0.1, 0.15) is 0 Å². The summed E-state index contributed by atoms with van der Waals surface area (Å²) in [5.41, 5.74) is 4.22. The molecule has 4 aromatic rings. The molecule has 0 fully saturated rings. The van der Waals surface area contributed by atoms with Crippen LogP contribution >= 0.6 is 0 Å². The number of nitrogens with one attached hydrogen (secondary N) is 3. The molecule has 2 amide bonds. The number of imide groups is 1. The Morgan fingerprint density at radius 3 is 2.25 bits per heavy atom. The molecule has 0 atom stereocenters. The second kappa shape index (κ2) is 9.43. The van der Waals surface area contributed by atoms with Gasteiger partial charge < -0.3 is 19.8 Å². The van der Waals surface area contributed by atoms with Gasteiger partial charge >= 0.3 is 0 Å². The van der Waals surface area contributed by atoms with Crippen molar-refractivity contribution in [3.05, 3.63) is 72.1 Å². The number of carbonyl (C=O) groups is 2. The van der Waals surface area contributed by atoms with E-state index in [4.69, 9.17) is 5.26 Å². The molecule has 1 aliphatic rings. The van der Waals surface area contributed by atoms with Crippen LogP contribution in [0.25, 0.3) is 33.0 Å². The van der Waals surface area contributed by atoms with Crippen molar-refractivity contribution in [1.29, 1.82) is 5.26 Å². The summed E-state index contributed by atoms with van der Waals surface area (Å²) in [5, 5.41) is 19.0. The summed E-state index contributed by atoms with van der Waals surface area (Å²) in [7, 11) is 3.63. The molecule has 3 N–H and O–H groups in total. The van der Waals surface area contributed by atoms with E-state index in [0.717, 1.165) is 39.4 Å². The van der Waals surface area contributed by atoms with Gasteiger partial charge in [0, 0.05) is 72.5 Å². The Hall–Kier alpha value is -4.84. The number of rotatable bonds is 6. The van der Waals surface area contributed by atoms with E-state index in [1.165, 1.54) is 0 Å². The van der Waals surface area contributed by atoms with Crippen LogP contribution in [0, 0.1) is 11.5 Å². The topological polar surface area (TPSA) is 116 Å². The van der Waals surface area contributed by atoms with Gasteiger partial charge in [-0.2, -0.15) is 5.26 Å². The number of nitrogens with zero attached hydrogens (tertiary/aromatic N) is 4. The normalized spacial score (nSPS) is 14.0. The lowest BCUT2D eigenvalue weighted by Gasteiger charge is -2.08. The highest BCUT2D eigenvalue weighted by Gasteiger charge is 2.35. The van der Waals surface area contributed by atoms with E-state index in [-0.39, 0.29) is 11.8 Å². The summed E-state index contributed by atoms with van der Waals surface area (Å²) >= 11 is 0. The van der Waals surface area contributed by atoms with Crippen molar-refractivity contribution in [3.8, 4) is 6.19 Å². The number of para-hydroxylation sites is 2. The van der Waals surface area contributed by atoms with E-state index in [1.54, 1.807) is 13.2 Å². The van der Waals surface area contributed by atoms with E-state index in [9.17, 15) is 9.59 Å². The molecule has 3 heterocycles. The highest BCUT2D eigenvalue weighted by molar-refractivity contribution is 6.50. The van der Waals surface area contributed by atoms with Crippen molar-refractivity contribution < 1.29 is 9.59 Å². The maximum Gasteiger partial charge on any atom is 0.259 e. The number of carbonyl (C=O) groups excluding carboxylic acids is 2. The summed E-state index contributed by atoms with van der Waals surface area (Å²) < 4.78 is 4.06. The minimum absolute atomic E-state index is 0.385. The summed E-state index contributed by atoms with van der Waals surface area (Å²) in [6, 6.07) is 15.7. The van der Waals surface area contributed by atoms with Gasteiger partial charge in [0.15, 0.2) is 0 Å². The van der Waals surface area contributed by atoms with Crippen molar-refractivity contribution in [2.45, 2.75) is 13.0 Å². The molecule has 2 aromatic heterocycles. The molecule has 5 rings (SSSR count). The lowest BCUT2D eigenvalue weighted by Crippen LogP contribution is -2.35. The van der Waals surface area contributed by atoms with Gasteiger partial charge in [-0.1, -0.05) is 36.4 Å². The molecular formula is C27H25N7O2. The second-order valence-corrected chi connectivity index (χ2v) is 8.55. The fourth-order valence-electron chi connectivity index (χ4n) is 4.83. The third-order valence-electron chi connectivity index (χ3n) is 6.42. The zero-order valence-corrected chi connectivity index (χ0v) is 20.0. The summed E-state index contributed by atoms with van der Waals surface area (Å²) in [5.74, 6) is -0.357. The van der Waals surface area contributed by atoms with Crippen LogP contribution in [-0.2, 0) is 23.2 Å². The average molecular weight is 480 g/mol. The van der Waals surface area contributed by atoms with Gasteiger partial charge in [-0.25, -0.2) is 0 Å². The molecule has 0 bridgehead atoms. The van der Waals surface area contributed by atoms with Crippen LogP contribution in [0.5, 0.6) is 0 Å². The molecule has 0 unspecified atom stereocenters. The molecule has 0 saturated carbocycles. The standard InChI is InChI=1S/C27H25N7O2/c1-29-27(31-16-28)30-12-7-13-34-15-20(18-9-4-6-11-22(18)34)24-23(25(35)32-26(24)36)19-14-33(2)21-10-5-3-8-17(19)21/h3-6,8-11,14-15H,7,12-13H2,1-2H3,(H2,29,30,31)(H,32,35,36). The van der Waals surface area contributed by atoms with Crippen molar-refractivity contribution in [2.75, 3.05) is 13.6 Å². The Morgan fingerprint density at radius 1 is 0.972 bits per heavy atom. The number of nitriles is 1. The minimum atomic E-state index is -0.390. The number of benzene rings is 2. The molecule has 36 heavy (non-hydrogen) atoms. The SMILES string of the molecule is CN/C(=N/C#N)NCCCn1cc(C2=C(c3cn(C)c4ccccc34)C(=O)NC2=O)c2ccccc21. The Bertz CT molecular complexity index is 1610. The zero-order valence-electron chi connectivity index (χ0n) is 20.0.